The van der Waals surface area contributed by atoms with Gasteiger partial charge in [0, 0.05) is 13.7 Å². The van der Waals surface area contributed by atoms with Crippen molar-refractivity contribution in [2.75, 3.05) is 39.1 Å². The van der Waals surface area contributed by atoms with Crippen molar-refractivity contribution in [1.82, 2.24) is 9.88 Å². The van der Waals surface area contributed by atoms with Gasteiger partial charge in [0.1, 0.15) is 11.7 Å². The van der Waals surface area contributed by atoms with Gasteiger partial charge in [-0.05, 0) is 13.0 Å². The summed E-state index contributed by atoms with van der Waals surface area (Å²) in [7, 11) is 1.50. The van der Waals surface area contributed by atoms with Crippen molar-refractivity contribution in [3.05, 3.63) is 23.0 Å². The van der Waals surface area contributed by atoms with Crippen LogP contribution in [0.1, 0.15) is 17.3 Å². The molecule has 116 valence electrons. The Balaban J connectivity index is 2.92. The third-order valence-electron chi connectivity index (χ3n) is 2.61. The van der Waals surface area contributed by atoms with Crippen LogP contribution < -0.4 is 5.73 Å². The molecule has 0 fully saturated rings. The number of aromatic nitrogens is 1. The normalized spacial score (nSPS) is 10.2. The van der Waals surface area contributed by atoms with E-state index in [2.05, 4.69) is 4.98 Å². The molecule has 8 heteroatoms. The molecule has 0 saturated heterocycles. The molecule has 0 spiro atoms. The van der Waals surface area contributed by atoms with Gasteiger partial charge >= 0.3 is 5.97 Å². The van der Waals surface area contributed by atoms with Crippen molar-refractivity contribution < 1.29 is 19.1 Å². The van der Waals surface area contributed by atoms with E-state index in [4.69, 9.17) is 26.8 Å². The third-order valence-corrected chi connectivity index (χ3v) is 2.82. The zero-order valence-corrected chi connectivity index (χ0v) is 12.7. The molecule has 1 rings (SSSR count). The number of nitrogens with zero attached hydrogens (tertiary/aromatic N) is 2. The van der Waals surface area contributed by atoms with Crippen LogP contribution in [0.4, 0.5) is 5.69 Å². The number of esters is 1. The molecule has 0 saturated carbocycles. The first kappa shape index (κ1) is 17.2. The standard InChI is InChI=1S/C13H18ClN3O4/c1-3-21-12(18)8-17(4-5-20-2)13(19)9-6-11(14)16-7-10(9)15/h6-7H,3-5,8,15H2,1-2H3. The lowest BCUT2D eigenvalue weighted by atomic mass is 10.2. The summed E-state index contributed by atoms with van der Waals surface area (Å²) < 4.78 is 9.79. The van der Waals surface area contributed by atoms with E-state index >= 15 is 0 Å². The second-order valence-electron chi connectivity index (χ2n) is 4.12. The summed E-state index contributed by atoms with van der Waals surface area (Å²) in [6.45, 7) is 2.26. The monoisotopic (exact) mass is 315 g/mol. The second-order valence-corrected chi connectivity index (χ2v) is 4.51. The van der Waals surface area contributed by atoms with Crippen LogP contribution in [-0.2, 0) is 14.3 Å². The fourth-order valence-corrected chi connectivity index (χ4v) is 1.77. The molecule has 1 aromatic rings. The molecule has 0 unspecified atom stereocenters. The Kier molecular flexibility index (Phi) is 6.90. The van der Waals surface area contributed by atoms with Gasteiger partial charge in [-0.1, -0.05) is 11.6 Å². The number of rotatable bonds is 7. The van der Waals surface area contributed by atoms with Gasteiger partial charge in [-0.25, -0.2) is 4.98 Å². The number of pyridine rings is 1. The van der Waals surface area contributed by atoms with Crippen molar-refractivity contribution in [2.24, 2.45) is 0 Å². The average Bonchev–Trinajstić information content (AvgIpc) is 2.45. The van der Waals surface area contributed by atoms with E-state index in [-0.39, 0.29) is 42.7 Å². The molecular weight excluding hydrogens is 298 g/mol. The first-order valence-electron chi connectivity index (χ1n) is 6.34. The van der Waals surface area contributed by atoms with Crippen molar-refractivity contribution in [3.63, 3.8) is 0 Å². The van der Waals surface area contributed by atoms with Crippen LogP contribution in [0.3, 0.4) is 0 Å². The molecule has 0 aromatic carbocycles. The van der Waals surface area contributed by atoms with E-state index in [1.807, 2.05) is 0 Å². The minimum Gasteiger partial charge on any atom is -0.465 e. The quantitative estimate of drug-likeness (QED) is 0.595. The zero-order valence-electron chi connectivity index (χ0n) is 12.0. The predicted octanol–water partition coefficient (Wildman–Crippen LogP) is 0.969. The average molecular weight is 316 g/mol. The first-order valence-corrected chi connectivity index (χ1v) is 6.72. The van der Waals surface area contributed by atoms with Crippen molar-refractivity contribution in [2.45, 2.75) is 6.92 Å². The Morgan fingerprint density at radius 1 is 1.48 bits per heavy atom. The van der Waals surface area contributed by atoms with Crippen LogP contribution in [0.25, 0.3) is 0 Å². The summed E-state index contributed by atoms with van der Waals surface area (Å²) in [5, 5.41) is 0.148. The number of anilines is 1. The van der Waals surface area contributed by atoms with E-state index in [1.165, 1.54) is 24.3 Å². The minimum absolute atomic E-state index is 0.148. The maximum atomic E-state index is 12.5. The number of nitrogen functional groups attached to an aromatic ring is 1. The van der Waals surface area contributed by atoms with E-state index in [0.29, 0.717) is 0 Å². The largest absolute Gasteiger partial charge is 0.465 e. The molecule has 1 heterocycles. The predicted molar refractivity (Wildman–Crippen MR) is 78.1 cm³/mol. The molecule has 2 N–H and O–H groups in total. The number of ether oxygens (including phenoxy) is 2. The first-order chi connectivity index (χ1) is 9.99. The van der Waals surface area contributed by atoms with Crippen molar-refractivity contribution in [3.8, 4) is 0 Å². The summed E-state index contributed by atoms with van der Waals surface area (Å²) in [4.78, 5) is 29.1. The maximum absolute atomic E-state index is 12.5. The SMILES string of the molecule is CCOC(=O)CN(CCOC)C(=O)c1cc(Cl)ncc1N. The number of hydrogen-bond donors (Lipinski definition) is 1. The molecule has 7 nitrogen and oxygen atoms in total. The summed E-state index contributed by atoms with van der Waals surface area (Å²) >= 11 is 5.77. The van der Waals surface area contributed by atoms with E-state index < -0.39 is 11.9 Å². The fraction of sp³-hybridized carbons (Fsp3) is 0.462. The molecule has 0 radical (unpaired) electrons. The van der Waals surface area contributed by atoms with E-state index in [1.54, 1.807) is 6.92 Å². The van der Waals surface area contributed by atoms with Crippen LogP contribution in [0.2, 0.25) is 5.15 Å². The van der Waals surface area contributed by atoms with Crippen LogP contribution in [0.5, 0.6) is 0 Å². The number of carbonyl (C=O) groups excluding carboxylic acids is 2. The highest BCUT2D eigenvalue weighted by molar-refractivity contribution is 6.29. The van der Waals surface area contributed by atoms with Crippen LogP contribution in [-0.4, -0.2) is 55.2 Å². The van der Waals surface area contributed by atoms with Crippen molar-refractivity contribution in [1.29, 1.82) is 0 Å². The van der Waals surface area contributed by atoms with E-state index in [9.17, 15) is 9.59 Å². The Labute approximate surface area is 128 Å². The molecule has 0 bridgehead atoms. The van der Waals surface area contributed by atoms with Gasteiger partial charge in [0.15, 0.2) is 0 Å². The molecule has 1 aromatic heterocycles. The van der Waals surface area contributed by atoms with Crippen LogP contribution in [0.15, 0.2) is 12.3 Å². The highest BCUT2D eigenvalue weighted by Gasteiger charge is 2.21. The summed E-state index contributed by atoms with van der Waals surface area (Å²) in [6.07, 6.45) is 1.30. The number of hydrogen-bond acceptors (Lipinski definition) is 6. The van der Waals surface area contributed by atoms with Crippen LogP contribution in [0, 0.1) is 0 Å². The number of carbonyl (C=O) groups is 2. The van der Waals surface area contributed by atoms with Gasteiger partial charge in [-0.15, -0.1) is 0 Å². The lowest BCUT2D eigenvalue weighted by Gasteiger charge is -2.22. The van der Waals surface area contributed by atoms with Gasteiger partial charge in [0.2, 0.25) is 0 Å². The lowest BCUT2D eigenvalue weighted by molar-refractivity contribution is -0.143. The molecule has 0 atom stereocenters. The number of amides is 1. The zero-order chi connectivity index (χ0) is 15.8. The van der Waals surface area contributed by atoms with Gasteiger partial charge in [0.25, 0.3) is 5.91 Å². The highest BCUT2D eigenvalue weighted by atomic mass is 35.5. The Hall–Kier alpha value is -1.86. The number of halogens is 1. The van der Waals surface area contributed by atoms with Gasteiger partial charge in [-0.3, -0.25) is 9.59 Å². The Morgan fingerprint density at radius 2 is 2.19 bits per heavy atom. The summed E-state index contributed by atoms with van der Waals surface area (Å²) in [6, 6.07) is 1.37. The molecule has 0 aliphatic rings. The van der Waals surface area contributed by atoms with Gasteiger partial charge in [-0.2, -0.15) is 0 Å². The van der Waals surface area contributed by atoms with Crippen molar-refractivity contribution >= 4 is 29.2 Å². The molecule has 21 heavy (non-hydrogen) atoms. The van der Waals surface area contributed by atoms with E-state index in [0.717, 1.165) is 0 Å². The van der Waals surface area contributed by atoms with Gasteiger partial charge < -0.3 is 20.1 Å². The lowest BCUT2D eigenvalue weighted by Crippen LogP contribution is -2.39. The topological polar surface area (TPSA) is 94.7 Å². The summed E-state index contributed by atoms with van der Waals surface area (Å²) in [5.41, 5.74) is 6.11. The molecule has 1 amide bonds. The fourth-order valence-electron chi connectivity index (χ4n) is 1.61. The summed E-state index contributed by atoms with van der Waals surface area (Å²) in [5.74, 6) is -0.928. The maximum Gasteiger partial charge on any atom is 0.325 e. The smallest absolute Gasteiger partial charge is 0.325 e. The highest BCUT2D eigenvalue weighted by Crippen LogP contribution is 2.17. The minimum atomic E-state index is -0.499. The molecule has 0 aliphatic carbocycles. The Morgan fingerprint density at radius 3 is 2.81 bits per heavy atom. The third kappa shape index (κ3) is 5.20. The molecular formula is C13H18ClN3O4. The number of nitrogens with two attached hydrogens (primary N) is 1. The van der Waals surface area contributed by atoms with Crippen LogP contribution >= 0.6 is 11.6 Å². The molecule has 0 aliphatic heterocycles. The van der Waals surface area contributed by atoms with Gasteiger partial charge in [0.05, 0.1) is 30.7 Å². The number of methoxy groups -OCH3 is 1. The Bertz CT molecular complexity index is 510. The second kappa shape index (κ2) is 8.43.